The Bertz CT molecular complexity index is 741. The lowest BCUT2D eigenvalue weighted by atomic mass is 10.2. The summed E-state index contributed by atoms with van der Waals surface area (Å²) in [5.74, 6) is 0.492. The van der Waals surface area contributed by atoms with Gasteiger partial charge in [0.1, 0.15) is 0 Å². The first kappa shape index (κ1) is 14.2. The Morgan fingerprint density at radius 3 is 2.57 bits per heavy atom. The van der Waals surface area contributed by atoms with Crippen molar-refractivity contribution < 1.29 is 4.21 Å². The zero-order chi connectivity index (χ0) is 14.8. The van der Waals surface area contributed by atoms with E-state index in [0.717, 1.165) is 21.8 Å². The maximum Gasteiger partial charge on any atom is 0.181 e. The monoisotopic (exact) mass is 317 g/mol. The van der Waals surface area contributed by atoms with Crippen LogP contribution in [0.5, 0.6) is 0 Å². The Labute approximate surface area is 129 Å². The molecule has 0 aliphatic heterocycles. The molecular weight excluding hydrogens is 302 g/mol. The second-order valence-electron chi connectivity index (χ2n) is 4.73. The quantitative estimate of drug-likeness (QED) is 0.742. The van der Waals surface area contributed by atoms with E-state index >= 15 is 0 Å². The summed E-state index contributed by atoms with van der Waals surface area (Å²) in [4.78, 5) is 5.50. The Morgan fingerprint density at radius 2 is 2.00 bits per heavy atom. The molecule has 6 heteroatoms. The Balaban J connectivity index is 1.74. The highest BCUT2D eigenvalue weighted by Gasteiger charge is 2.11. The molecule has 0 N–H and O–H groups in total. The Morgan fingerprint density at radius 1 is 1.24 bits per heavy atom. The van der Waals surface area contributed by atoms with Crippen LogP contribution in [-0.2, 0) is 16.6 Å². The lowest BCUT2D eigenvalue weighted by Gasteiger charge is -2.03. The van der Waals surface area contributed by atoms with Gasteiger partial charge >= 0.3 is 0 Å². The molecule has 2 heterocycles. The van der Waals surface area contributed by atoms with Crippen LogP contribution in [0.25, 0.3) is 5.69 Å². The number of rotatable bonds is 4. The molecule has 3 aromatic rings. The van der Waals surface area contributed by atoms with Gasteiger partial charge in [-0.05, 0) is 37.6 Å². The highest BCUT2D eigenvalue weighted by Crippen LogP contribution is 2.22. The van der Waals surface area contributed by atoms with Gasteiger partial charge in [0.25, 0.3) is 0 Å². The van der Waals surface area contributed by atoms with Crippen molar-refractivity contribution >= 4 is 22.1 Å². The van der Waals surface area contributed by atoms with E-state index < -0.39 is 10.8 Å². The molecule has 4 nitrogen and oxygen atoms in total. The number of thiazole rings is 1. The van der Waals surface area contributed by atoms with E-state index in [0.29, 0.717) is 10.1 Å². The van der Waals surface area contributed by atoms with Gasteiger partial charge in [0.2, 0.25) is 0 Å². The maximum atomic E-state index is 12.3. The SMILES string of the molecule is Cc1nc([S@](=O)Cc2ccc(-n3cccn3)cc2)sc1C. The number of hydrogen-bond acceptors (Lipinski definition) is 4. The third-order valence-electron chi connectivity index (χ3n) is 3.21. The van der Waals surface area contributed by atoms with Gasteiger partial charge < -0.3 is 0 Å². The minimum Gasteiger partial charge on any atom is -0.252 e. The average Bonchev–Trinajstić information content (AvgIpc) is 3.11. The topological polar surface area (TPSA) is 47.8 Å². The molecule has 0 bridgehead atoms. The number of nitrogens with zero attached hydrogens (tertiary/aromatic N) is 3. The molecule has 0 saturated heterocycles. The molecule has 0 radical (unpaired) electrons. The predicted molar refractivity (Wildman–Crippen MR) is 85.3 cm³/mol. The van der Waals surface area contributed by atoms with Crippen LogP contribution in [0.3, 0.4) is 0 Å². The van der Waals surface area contributed by atoms with E-state index in [1.807, 2.05) is 50.4 Å². The van der Waals surface area contributed by atoms with Gasteiger partial charge in [0.15, 0.2) is 4.34 Å². The van der Waals surface area contributed by atoms with Crippen LogP contribution < -0.4 is 0 Å². The predicted octanol–water partition coefficient (Wildman–Crippen LogP) is 3.25. The number of benzene rings is 1. The highest BCUT2D eigenvalue weighted by molar-refractivity contribution is 7.86. The van der Waals surface area contributed by atoms with E-state index in [9.17, 15) is 4.21 Å². The van der Waals surface area contributed by atoms with E-state index in [2.05, 4.69) is 10.1 Å². The molecule has 0 aliphatic carbocycles. The van der Waals surface area contributed by atoms with Crippen LogP contribution in [0, 0.1) is 13.8 Å². The molecule has 21 heavy (non-hydrogen) atoms. The maximum absolute atomic E-state index is 12.3. The fourth-order valence-corrected chi connectivity index (χ4v) is 4.34. The van der Waals surface area contributed by atoms with Crippen molar-refractivity contribution in [3.8, 4) is 5.69 Å². The number of aryl methyl sites for hydroxylation is 2. The van der Waals surface area contributed by atoms with Gasteiger partial charge in [-0.15, -0.1) is 11.3 Å². The first-order chi connectivity index (χ1) is 10.1. The summed E-state index contributed by atoms with van der Waals surface area (Å²) < 4.78 is 14.8. The fourth-order valence-electron chi connectivity index (χ4n) is 1.92. The minimum atomic E-state index is -1.08. The third-order valence-corrected chi connectivity index (χ3v) is 5.96. The van der Waals surface area contributed by atoms with Crippen LogP contribution in [0.1, 0.15) is 16.1 Å². The largest absolute Gasteiger partial charge is 0.252 e. The Hall–Kier alpha value is -1.79. The van der Waals surface area contributed by atoms with E-state index in [-0.39, 0.29) is 0 Å². The van der Waals surface area contributed by atoms with Crippen LogP contribution in [0.4, 0.5) is 0 Å². The number of hydrogen-bond donors (Lipinski definition) is 0. The van der Waals surface area contributed by atoms with Gasteiger partial charge in [-0.25, -0.2) is 9.67 Å². The molecule has 3 rings (SSSR count). The van der Waals surface area contributed by atoms with Gasteiger partial charge in [0, 0.05) is 17.3 Å². The van der Waals surface area contributed by atoms with Crippen LogP contribution in [-0.4, -0.2) is 19.0 Å². The summed E-state index contributed by atoms with van der Waals surface area (Å²) in [7, 11) is -1.08. The molecule has 0 spiro atoms. The normalized spacial score (nSPS) is 12.5. The third kappa shape index (κ3) is 3.11. The standard InChI is InChI=1S/C15H15N3OS2/c1-11-12(2)20-15(17-11)21(19)10-13-4-6-14(7-5-13)18-9-3-8-16-18/h3-9H,10H2,1-2H3/t21-/m1/s1. The van der Waals surface area contributed by atoms with E-state index in [1.54, 1.807) is 10.9 Å². The number of aromatic nitrogens is 3. The van der Waals surface area contributed by atoms with E-state index in [4.69, 9.17) is 0 Å². The zero-order valence-corrected chi connectivity index (χ0v) is 13.4. The summed E-state index contributed by atoms with van der Waals surface area (Å²) in [5, 5.41) is 4.19. The van der Waals surface area contributed by atoms with Crippen molar-refractivity contribution in [3.05, 3.63) is 58.9 Å². The molecule has 0 unspecified atom stereocenters. The zero-order valence-electron chi connectivity index (χ0n) is 11.8. The van der Waals surface area contributed by atoms with Crippen molar-refractivity contribution in [1.29, 1.82) is 0 Å². The average molecular weight is 317 g/mol. The minimum absolute atomic E-state index is 0.492. The van der Waals surface area contributed by atoms with Crippen LogP contribution in [0.15, 0.2) is 47.1 Å². The lowest BCUT2D eigenvalue weighted by molar-refractivity contribution is 0.681. The van der Waals surface area contributed by atoms with Gasteiger partial charge in [0.05, 0.1) is 27.9 Å². The smallest absolute Gasteiger partial charge is 0.181 e. The summed E-state index contributed by atoms with van der Waals surface area (Å²) in [6.07, 6.45) is 3.64. The molecule has 0 fully saturated rings. The van der Waals surface area contributed by atoms with Crippen molar-refractivity contribution in [2.75, 3.05) is 0 Å². The van der Waals surface area contributed by atoms with Crippen molar-refractivity contribution in [2.45, 2.75) is 23.9 Å². The fraction of sp³-hybridized carbons (Fsp3) is 0.200. The van der Waals surface area contributed by atoms with Crippen LogP contribution >= 0.6 is 11.3 Å². The van der Waals surface area contributed by atoms with E-state index in [1.165, 1.54) is 11.3 Å². The van der Waals surface area contributed by atoms with Crippen molar-refractivity contribution in [1.82, 2.24) is 14.8 Å². The second kappa shape index (κ2) is 5.91. The molecule has 2 aromatic heterocycles. The molecule has 0 aliphatic rings. The summed E-state index contributed by atoms with van der Waals surface area (Å²) in [6, 6.07) is 9.83. The molecule has 0 saturated carbocycles. The van der Waals surface area contributed by atoms with Gasteiger partial charge in [-0.2, -0.15) is 5.10 Å². The van der Waals surface area contributed by atoms with Crippen molar-refractivity contribution in [2.24, 2.45) is 0 Å². The molecule has 1 aromatic carbocycles. The lowest BCUT2D eigenvalue weighted by Crippen LogP contribution is -1.98. The summed E-state index contributed by atoms with van der Waals surface area (Å²) in [5.41, 5.74) is 3.00. The first-order valence-electron chi connectivity index (χ1n) is 6.55. The first-order valence-corrected chi connectivity index (χ1v) is 8.68. The van der Waals surface area contributed by atoms with Crippen molar-refractivity contribution in [3.63, 3.8) is 0 Å². The molecule has 0 amide bonds. The molecular formula is C15H15N3OS2. The van der Waals surface area contributed by atoms with Gasteiger partial charge in [-0.3, -0.25) is 4.21 Å². The van der Waals surface area contributed by atoms with Gasteiger partial charge in [-0.1, -0.05) is 12.1 Å². The molecule has 108 valence electrons. The van der Waals surface area contributed by atoms with Crippen LogP contribution in [0.2, 0.25) is 0 Å². The molecule has 1 atom stereocenters. The summed E-state index contributed by atoms with van der Waals surface area (Å²) >= 11 is 1.52. The highest BCUT2D eigenvalue weighted by atomic mass is 32.2. The summed E-state index contributed by atoms with van der Waals surface area (Å²) in [6.45, 7) is 3.96. The Kier molecular flexibility index (Phi) is 3.98. The second-order valence-corrected chi connectivity index (χ2v) is 7.56.